The minimum absolute atomic E-state index is 0.110. The molecule has 1 aromatic rings. The molecule has 1 atom stereocenters. The third-order valence-electron chi connectivity index (χ3n) is 2.48. The molecule has 92 valence electrons. The molecule has 0 aliphatic carbocycles. The third-order valence-corrected chi connectivity index (χ3v) is 2.48. The van der Waals surface area contributed by atoms with E-state index in [0.717, 1.165) is 0 Å². The minimum Gasteiger partial charge on any atom is -0.392 e. The van der Waals surface area contributed by atoms with Crippen molar-refractivity contribution in [3.8, 4) is 11.8 Å². The first-order chi connectivity index (χ1) is 7.97. The van der Waals surface area contributed by atoms with Gasteiger partial charge in [0.05, 0.1) is 13.2 Å². The van der Waals surface area contributed by atoms with Crippen LogP contribution in [0.3, 0.4) is 0 Å². The maximum absolute atomic E-state index is 10.8. The summed E-state index contributed by atoms with van der Waals surface area (Å²) in [6.07, 6.45) is 0.410. The van der Waals surface area contributed by atoms with Gasteiger partial charge >= 0.3 is 5.82 Å². The summed E-state index contributed by atoms with van der Waals surface area (Å²) in [4.78, 5) is 14.4. The summed E-state index contributed by atoms with van der Waals surface area (Å²) in [5, 5.41) is 20.1. The summed E-state index contributed by atoms with van der Waals surface area (Å²) in [7, 11) is 1.58. The normalized spacial score (nSPS) is 11.8. The average molecular weight is 237 g/mol. The van der Waals surface area contributed by atoms with Crippen molar-refractivity contribution in [1.29, 1.82) is 0 Å². The zero-order valence-electron chi connectivity index (χ0n) is 10.1. The van der Waals surface area contributed by atoms with Gasteiger partial charge in [-0.05, 0) is 17.3 Å². The minimum atomic E-state index is -0.500. The summed E-state index contributed by atoms with van der Waals surface area (Å²) in [5.74, 6) is 5.77. The van der Waals surface area contributed by atoms with E-state index >= 15 is 0 Å². The van der Waals surface area contributed by atoms with Crippen LogP contribution >= 0.6 is 0 Å². The number of aryl methyl sites for hydroxylation is 1. The Kier molecular flexibility index (Phi) is 4.24. The molecule has 17 heavy (non-hydrogen) atoms. The van der Waals surface area contributed by atoms with E-state index in [1.54, 1.807) is 14.0 Å². The van der Waals surface area contributed by atoms with Gasteiger partial charge in [0.1, 0.15) is 0 Å². The first kappa shape index (κ1) is 13.2. The van der Waals surface area contributed by atoms with Crippen LogP contribution in [-0.4, -0.2) is 25.7 Å². The van der Waals surface area contributed by atoms with Gasteiger partial charge in [-0.3, -0.25) is 0 Å². The highest BCUT2D eigenvalue weighted by Crippen LogP contribution is 2.17. The zero-order valence-corrected chi connectivity index (χ0v) is 10.1. The molecule has 1 aromatic heterocycles. The van der Waals surface area contributed by atoms with Crippen LogP contribution in [0.25, 0.3) is 0 Å². The maximum atomic E-state index is 10.8. The predicted octanol–water partition coefficient (Wildman–Crippen LogP) is 1.15. The molecule has 0 unspecified atom stereocenters. The molecule has 6 nitrogen and oxygen atoms in total. The van der Waals surface area contributed by atoms with Crippen LogP contribution in [-0.2, 0) is 7.05 Å². The first-order valence-corrected chi connectivity index (χ1v) is 5.32. The monoisotopic (exact) mass is 237 g/mol. The molecule has 1 N–H and O–H groups in total. The fourth-order valence-corrected chi connectivity index (χ4v) is 1.29. The van der Waals surface area contributed by atoms with Crippen LogP contribution in [0, 0.1) is 28.9 Å². The number of imidazole rings is 1. The average Bonchev–Trinajstić information content (AvgIpc) is 2.54. The third kappa shape index (κ3) is 3.04. The van der Waals surface area contributed by atoms with Crippen LogP contribution in [0.2, 0.25) is 0 Å². The number of aliphatic hydroxyl groups is 1. The van der Waals surface area contributed by atoms with Gasteiger partial charge in [-0.25, -0.2) is 4.57 Å². The number of hydrogen-bond donors (Lipinski definition) is 1. The molecular formula is C11H15N3O3. The fraction of sp³-hybridized carbons (Fsp3) is 0.545. The Morgan fingerprint density at radius 2 is 2.29 bits per heavy atom. The summed E-state index contributed by atoms with van der Waals surface area (Å²) in [6, 6.07) is 0. The Balaban J connectivity index is 2.99. The molecule has 0 saturated carbocycles. The molecule has 1 heterocycles. The lowest BCUT2D eigenvalue weighted by atomic mass is 10.2. The van der Waals surface area contributed by atoms with Crippen molar-refractivity contribution >= 4 is 5.82 Å². The molecule has 0 bridgehead atoms. The molecule has 0 radical (unpaired) electrons. The second kappa shape index (κ2) is 5.46. The lowest BCUT2D eigenvalue weighted by molar-refractivity contribution is -0.392. The fourth-order valence-electron chi connectivity index (χ4n) is 1.29. The molecular weight excluding hydrogens is 222 g/mol. The van der Waals surface area contributed by atoms with E-state index in [1.165, 1.54) is 4.57 Å². The van der Waals surface area contributed by atoms with Crippen molar-refractivity contribution in [1.82, 2.24) is 9.55 Å². The predicted molar refractivity (Wildman–Crippen MR) is 62.4 cm³/mol. The Labute approximate surface area is 99.4 Å². The van der Waals surface area contributed by atoms with Gasteiger partial charge < -0.3 is 15.2 Å². The van der Waals surface area contributed by atoms with Gasteiger partial charge in [0.25, 0.3) is 0 Å². The number of nitro groups is 1. The highest BCUT2D eigenvalue weighted by atomic mass is 16.6. The Bertz CT molecular complexity index is 482. The molecule has 0 aliphatic rings. The molecule has 0 aliphatic heterocycles. The van der Waals surface area contributed by atoms with Crippen molar-refractivity contribution in [2.24, 2.45) is 7.05 Å². The SMILES string of the molecule is CC[C@@H](O)CC#Cc1nc(C)n(C)c1[N+](=O)[O-]. The second-order valence-electron chi connectivity index (χ2n) is 3.72. The van der Waals surface area contributed by atoms with Crippen molar-refractivity contribution < 1.29 is 10.0 Å². The Hall–Kier alpha value is -1.87. The van der Waals surface area contributed by atoms with Gasteiger partial charge in [-0.2, -0.15) is 4.98 Å². The maximum Gasteiger partial charge on any atom is 0.358 e. The Morgan fingerprint density at radius 1 is 1.65 bits per heavy atom. The molecule has 0 saturated heterocycles. The number of rotatable bonds is 3. The lowest BCUT2D eigenvalue weighted by Crippen LogP contribution is -2.02. The largest absolute Gasteiger partial charge is 0.392 e. The standard InChI is InChI=1S/C11H15N3O3/c1-4-9(15)6-5-7-10-11(14(16)17)13(3)8(2)12-10/h9,15H,4,6H2,1-3H3/t9-/m1/s1. The second-order valence-corrected chi connectivity index (χ2v) is 3.72. The summed E-state index contributed by atoms with van der Waals surface area (Å²) >= 11 is 0. The Morgan fingerprint density at radius 3 is 2.82 bits per heavy atom. The molecule has 0 aromatic carbocycles. The highest BCUT2D eigenvalue weighted by Gasteiger charge is 2.20. The van der Waals surface area contributed by atoms with Gasteiger partial charge in [-0.15, -0.1) is 0 Å². The van der Waals surface area contributed by atoms with E-state index in [-0.39, 0.29) is 11.5 Å². The van der Waals surface area contributed by atoms with Gasteiger partial charge in [0.2, 0.25) is 5.69 Å². The summed E-state index contributed by atoms with van der Waals surface area (Å²) < 4.78 is 1.39. The highest BCUT2D eigenvalue weighted by molar-refractivity contribution is 5.43. The van der Waals surface area contributed by atoms with Crippen molar-refractivity contribution in [2.45, 2.75) is 32.8 Å². The van der Waals surface area contributed by atoms with Crippen LogP contribution in [0.1, 0.15) is 31.3 Å². The topological polar surface area (TPSA) is 81.2 Å². The quantitative estimate of drug-likeness (QED) is 0.485. The molecule has 0 amide bonds. The van der Waals surface area contributed by atoms with E-state index < -0.39 is 11.0 Å². The molecule has 6 heteroatoms. The number of aromatic nitrogens is 2. The molecule has 0 spiro atoms. The summed E-state index contributed by atoms with van der Waals surface area (Å²) in [5.41, 5.74) is 0.151. The van der Waals surface area contributed by atoms with Crippen LogP contribution in [0.5, 0.6) is 0 Å². The van der Waals surface area contributed by atoms with E-state index in [1.807, 2.05) is 6.92 Å². The smallest absolute Gasteiger partial charge is 0.358 e. The van der Waals surface area contributed by atoms with Crippen molar-refractivity contribution in [2.75, 3.05) is 0 Å². The molecule has 1 rings (SSSR count). The van der Waals surface area contributed by atoms with Crippen LogP contribution in [0.4, 0.5) is 5.82 Å². The van der Waals surface area contributed by atoms with Gasteiger partial charge in [0.15, 0.2) is 5.82 Å². The van der Waals surface area contributed by atoms with Crippen LogP contribution in [0.15, 0.2) is 0 Å². The van der Waals surface area contributed by atoms with E-state index in [4.69, 9.17) is 0 Å². The van der Waals surface area contributed by atoms with Crippen molar-refractivity contribution in [3.05, 3.63) is 21.6 Å². The number of aliphatic hydroxyl groups excluding tert-OH is 1. The molecule has 0 fully saturated rings. The van der Waals surface area contributed by atoms with Crippen molar-refractivity contribution in [3.63, 3.8) is 0 Å². The number of hydrogen-bond acceptors (Lipinski definition) is 4. The summed E-state index contributed by atoms with van der Waals surface area (Å²) in [6.45, 7) is 3.53. The zero-order chi connectivity index (χ0) is 13.0. The van der Waals surface area contributed by atoms with E-state index in [2.05, 4.69) is 16.8 Å². The van der Waals surface area contributed by atoms with E-state index in [0.29, 0.717) is 18.7 Å². The van der Waals surface area contributed by atoms with E-state index in [9.17, 15) is 15.2 Å². The lowest BCUT2D eigenvalue weighted by Gasteiger charge is -1.98. The first-order valence-electron chi connectivity index (χ1n) is 5.32. The number of nitrogens with zero attached hydrogens (tertiary/aromatic N) is 3. The van der Waals surface area contributed by atoms with Gasteiger partial charge in [-0.1, -0.05) is 12.8 Å². The van der Waals surface area contributed by atoms with Crippen LogP contribution < -0.4 is 0 Å². The van der Waals surface area contributed by atoms with Gasteiger partial charge in [0, 0.05) is 13.3 Å².